The maximum atomic E-state index is 11.3. The van der Waals surface area contributed by atoms with Gasteiger partial charge in [0, 0.05) is 0 Å². The van der Waals surface area contributed by atoms with E-state index in [1.54, 1.807) is 6.92 Å². The Morgan fingerprint density at radius 2 is 1.93 bits per heavy atom. The minimum atomic E-state index is -1.86. The summed E-state index contributed by atoms with van der Waals surface area (Å²) in [5.41, 5.74) is -3.18. The second-order valence-corrected chi connectivity index (χ2v) is 3.52. The number of hydrogen-bond acceptors (Lipinski definition) is 5. The topological polar surface area (TPSA) is 72.8 Å². The molecule has 0 heterocycles. The van der Waals surface area contributed by atoms with Gasteiger partial charge in [0.25, 0.3) is 6.47 Å². The molecule has 5 heteroatoms. The molecule has 0 aromatic heterocycles. The molecule has 0 saturated carbocycles. The highest BCUT2D eigenvalue weighted by atomic mass is 16.6. The summed E-state index contributed by atoms with van der Waals surface area (Å²) in [4.78, 5) is 21.5. The van der Waals surface area contributed by atoms with Crippen LogP contribution in [0.15, 0.2) is 0 Å². The molecule has 0 saturated heterocycles. The largest absolute Gasteiger partial charge is 0.464 e. The third kappa shape index (κ3) is 2.45. The molecule has 0 rings (SSSR count). The SMILES string of the molecule is CCOC(=O)C(C)(O)C(C)(C)OC=O. The molecule has 1 N–H and O–H groups in total. The number of ether oxygens (including phenoxy) is 2. The van der Waals surface area contributed by atoms with Crippen LogP contribution < -0.4 is 0 Å². The second-order valence-electron chi connectivity index (χ2n) is 3.52. The van der Waals surface area contributed by atoms with Crippen LogP contribution in [-0.2, 0) is 19.1 Å². The lowest BCUT2D eigenvalue weighted by atomic mass is 9.87. The molecular weight excluding hydrogens is 188 g/mol. The minimum absolute atomic E-state index is 0.159. The van der Waals surface area contributed by atoms with Gasteiger partial charge in [-0.15, -0.1) is 0 Å². The Balaban J connectivity index is 4.73. The van der Waals surface area contributed by atoms with Gasteiger partial charge in [-0.2, -0.15) is 0 Å². The average molecular weight is 204 g/mol. The van der Waals surface area contributed by atoms with Gasteiger partial charge in [0.2, 0.25) is 0 Å². The molecule has 1 atom stereocenters. The molecule has 0 aliphatic rings. The molecule has 0 amide bonds. The zero-order chi connectivity index (χ0) is 11.4. The van der Waals surface area contributed by atoms with E-state index in [9.17, 15) is 14.7 Å². The van der Waals surface area contributed by atoms with Crippen molar-refractivity contribution in [2.45, 2.75) is 38.9 Å². The second kappa shape index (κ2) is 4.41. The third-order valence-electron chi connectivity index (χ3n) is 2.19. The van der Waals surface area contributed by atoms with Crippen LogP contribution in [0.25, 0.3) is 0 Å². The van der Waals surface area contributed by atoms with Crippen LogP contribution in [0.4, 0.5) is 0 Å². The summed E-state index contributed by atoms with van der Waals surface area (Å²) in [6.45, 7) is 6.08. The number of rotatable bonds is 5. The molecule has 82 valence electrons. The molecule has 0 radical (unpaired) electrons. The fourth-order valence-corrected chi connectivity index (χ4v) is 0.752. The first-order valence-corrected chi connectivity index (χ1v) is 4.30. The Morgan fingerprint density at radius 3 is 2.29 bits per heavy atom. The molecule has 0 bridgehead atoms. The molecule has 5 nitrogen and oxygen atoms in total. The molecule has 0 aromatic carbocycles. The Labute approximate surface area is 83.0 Å². The lowest BCUT2D eigenvalue weighted by Crippen LogP contribution is -2.55. The number of aliphatic hydroxyl groups is 1. The van der Waals surface area contributed by atoms with E-state index in [0.29, 0.717) is 0 Å². The van der Waals surface area contributed by atoms with Crippen LogP contribution >= 0.6 is 0 Å². The van der Waals surface area contributed by atoms with E-state index < -0.39 is 17.2 Å². The van der Waals surface area contributed by atoms with Gasteiger partial charge in [-0.1, -0.05) is 0 Å². The van der Waals surface area contributed by atoms with Crippen LogP contribution in [0, 0.1) is 0 Å². The van der Waals surface area contributed by atoms with Gasteiger partial charge in [0.1, 0.15) is 5.60 Å². The van der Waals surface area contributed by atoms with Gasteiger partial charge in [-0.3, -0.25) is 4.79 Å². The molecule has 0 aromatic rings. The number of carbonyl (C=O) groups excluding carboxylic acids is 2. The standard InChI is InChI=1S/C9H16O5/c1-5-13-7(11)9(4,12)8(2,3)14-6-10/h6,12H,5H2,1-4H3. The third-order valence-corrected chi connectivity index (χ3v) is 2.19. The number of hydrogen-bond donors (Lipinski definition) is 1. The highest BCUT2D eigenvalue weighted by Gasteiger charge is 2.49. The summed E-state index contributed by atoms with van der Waals surface area (Å²) >= 11 is 0. The summed E-state index contributed by atoms with van der Waals surface area (Å²) in [6.07, 6.45) is 0. The fourth-order valence-electron chi connectivity index (χ4n) is 0.752. The van der Waals surface area contributed by atoms with Gasteiger partial charge < -0.3 is 14.6 Å². The summed E-state index contributed by atoms with van der Waals surface area (Å²) in [6, 6.07) is 0. The molecule has 0 spiro atoms. The van der Waals surface area contributed by atoms with Crippen LogP contribution in [0.3, 0.4) is 0 Å². The van der Waals surface area contributed by atoms with E-state index >= 15 is 0 Å². The highest BCUT2D eigenvalue weighted by molar-refractivity contribution is 5.80. The van der Waals surface area contributed by atoms with E-state index in [-0.39, 0.29) is 13.1 Å². The van der Waals surface area contributed by atoms with E-state index in [4.69, 9.17) is 0 Å². The Morgan fingerprint density at radius 1 is 1.43 bits per heavy atom. The number of esters is 1. The Bertz CT molecular complexity index is 219. The van der Waals surface area contributed by atoms with Gasteiger partial charge >= 0.3 is 5.97 Å². The summed E-state index contributed by atoms with van der Waals surface area (Å²) in [7, 11) is 0. The molecule has 0 aliphatic heterocycles. The van der Waals surface area contributed by atoms with E-state index in [1.165, 1.54) is 20.8 Å². The summed E-state index contributed by atoms with van der Waals surface area (Å²) in [5, 5.41) is 9.81. The van der Waals surface area contributed by atoms with Crippen molar-refractivity contribution in [2.75, 3.05) is 6.61 Å². The van der Waals surface area contributed by atoms with E-state index in [1.807, 2.05) is 0 Å². The van der Waals surface area contributed by atoms with Crippen molar-refractivity contribution < 1.29 is 24.2 Å². The molecule has 14 heavy (non-hydrogen) atoms. The van der Waals surface area contributed by atoms with Crippen molar-refractivity contribution in [3.63, 3.8) is 0 Å². The van der Waals surface area contributed by atoms with Crippen LogP contribution in [0.5, 0.6) is 0 Å². The van der Waals surface area contributed by atoms with Crippen molar-refractivity contribution in [3.05, 3.63) is 0 Å². The highest BCUT2D eigenvalue weighted by Crippen LogP contribution is 2.26. The first-order valence-electron chi connectivity index (χ1n) is 4.30. The van der Waals surface area contributed by atoms with Crippen molar-refractivity contribution in [2.24, 2.45) is 0 Å². The zero-order valence-electron chi connectivity index (χ0n) is 8.86. The van der Waals surface area contributed by atoms with Crippen molar-refractivity contribution in [1.82, 2.24) is 0 Å². The van der Waals surface area contributed by atoms with Crippen molar-refractivity contribution in [3.8, 4) is 0 Å². The average Bonchev–Trinajstić information content (AvgIpc) is 2.04. The molecular formula is C9H16O5. The zero-order valence-corrected chi connectivity index (χ0v) is 8.86. The normalized spacial score (nSPS) is 15.5. The number of carbonyl (C=O) groups is 2. The van der Waals surface area contributed by atoms with Crippen LogP contribution in [0.2, 0.25) is 0 Å². The van der Waals surface area contributed by atoms with E-state index in [2.05, 4.69) is 9.47 Å². The first kappa shape index (κ1) is 12.9. The lowest BCUT2D eigenvalue weighted by molar-refractivity contribution is -0.195. The molecule has 0 fully saturated rings. The quantitative estimate of drug-likeness (QED) is 0.513. The lowest BCUT2D eigenvalue weighted by Gasteiger charge is -2.35. The predicted octanol–water partition coefficient (Wildman–Crippen LogP) is 0.252. The Kier molecular flexibility index (Phi) is 4.07. The minimum Gasteiger partial charge on any atom is -0.464 e. The summed E-state index contributed by atoms with van der Waals surface area (Å²) in [5.74, 6) is -0.813. The van der Waals surface area contributed by atoms with Gasteiger partial charge in [-0.05, 0) is 27.7 Å². The fraction of sp³-hybridized carbons (Fsp3) is 0.778. The monoisotopic (exact) mass is 204 g/mol. The maximum absolute atomic E-state index is 11.3. The summed E-state index contributed by atoms with van der Waals surface area (Å²) < 4.78 is 9.28. The van der Waals surface area contributed by atoms with Crippen molar-refractivity contribution in [1.29, 1.82) is 0 Å². The smallest absolute Gasteiger partial charge is 0.342 e. The van der Waals surface area contributed by atoms with Gasteiger partial charge in [-0.25, -0.2) is 4.79 Å². The van der Waals surface area contributed by atoms with Gasteiger partial charge in [0.05, 0.1) is 6.61 Å². The molecule has 0 aliphatic carbocycles. The molecule has 1 unspecified atom stereocenters. The Hall–Kier alpha value is -1.10. The van der Waals surface area contributed by atoms with E-state index in [0.717, 1.165) is 0 Å². The maximum Gasteiger partial charge on any atom is 0.342 e. The van der Waals surface area contributed by atoms with Crippen LogP contribution in [0.1, 0.15) is 27.7 Å². The predicted molar refractivity (Wildman–Crippen MR) is 48.5 cm³/mol. The van der Waals surface area contributed by atoms with Gasteiger partial charge in [0.15, 0.2) is 5.60 Å². The van der Waals surface area contributed by atoms with Crippen LogP contribution in [-0.4, -0.2) is 35.4 Å². The van der Waals surface area contributed by atoms with Crippen molar-refractivity contribution >= 4 is 12.4 Å². The first-order chi connectivity index (χ1) is 6.29.